The van der Waals surface area contributed by atoms with Gasteiger partial charge in [0.25, 0.3) is 5.91 Å². The number of carbonyl (C=O) groups excluding carboxylic acids is 1. The summed E-state index contributed by atoms with van der Waals surface area (Å²) in [4.78, 5) is 12.2. The lowest BCUT2D eigenvalue weighted by atomic mass is 10.1. The van der Waals surface area contributed by atoms with Gasteiger partial charge in [-0.3, -0.25) is 4.79 Å². The van der Waals surface area contributed by atoms with E-state index in [4.69, 9.17) is 16.3 Å². The van der Waals surface area contributed by atoms with Crippen LogP contribution in [0, 0.1) is 13.8 Å². The van der Waals surface area contributed by atoms with Crippen molar-refractivity contribution < 1.29 is 9.53 Å². The van der Waals surface area contributed by atoms with Gasteiger partial charge in [-0.05, 0) is 49.2 Å². The average Bonchev–Trinajstić information content (AvgIpc) is 2.42. The molecule has 0 aliphatic carbocycles. The number of nitrogens with one attached hydrogen (secondary N) is 1. The fourth-order valence-electron chi connectivity index (χ4n) is 2.02. The van der Waals surface area contributed by atoms with E-state index in [-0.39, 0.29) is 5.91 Å². The quantitative estimate of drug-likeness (QED) is 0.919. The maximum Gasteiger partial charge on any atom is 0.255 e. The number of benzene rings is 2. The summed E-state index contributed by atoms with van der Waals surface area (Å²) >= 11 is 6.19. The lowest BCUT2D eigenvalue weighted by molar-refractivity contribution is 0.102. The van der Waals surface area contributed by atoms with Gasteiger partial charge in [-0.15, -0.1) is 0 Å². The summed E-state index contributed by atoms with van der Waals surface area (Å²) in [5, 5.41) is 3.39. The van der Waals surface area contributed by atoms with Crippen LogP contribution in [-0.2, 0) is 0 Å². The minimum Gasteiger partial charge on any atom is -0.497 e. The van der Waals surface area contributed by atoms with Crippen molar-refractivity contribution in [2.75, 3.05) is 12.4 Å². The summed E-state index contributed by atoms with van der Waals surface area (Å²) in [5.41, 5.74) is 3.17. The lowest BCUT2D eigenvalue weighted by Crippen LogP contribution is -2.13. The second kappa shape index (κ2) is 5.97. The number of amides is 1. The maximum atomic E-state index is 12.2. The highest BCUT2D eigenvalue weighted by atomic mass is 35.5. The van der Waals surface area contributed by atoms with Crippen molar-refractivity contribution in [3.05, 3.63) is 58.1 Å². The van der Waals surface area contributed by atoms with E-state index >= 15 is 0 Å². The van der Waals surface area contributed by atoms with Gasteiger partial charge in [0.2, 0.25) is 0 Å². The first kappa shape index (κ1) is 14.4. The van der Waals surface area contributed by atoms with Gasteiger partial charge in [0.1, 0.15) is 5.75 Å². The van der Waals surface area contributed by atoms with Crippen LogP contribution in [0.25, 0.3) is 0 Å². The van der Waals surface area contributed by atoms with Crippen molar-refractivity contribution in [1.29, 1.82) is 0 Å². The topological polar surface area (TPSA) is 38.3 Å². The third kappa shape index (κ3) is 3.11. The summed E-state index contributed by atoms with van der Waals surface area (Å²) in [6, 6.07) is 10.8. The first-order valence-electron chi connectivity index (χ1n) is 6.23. The molecule has 0 aromatic heterocycles. The second-order valence-electron chi connectivity index (χ2n) is 4.62. The van der Waals surface area contributed by atoms with Crippen molar-refractivity contribution >= 4 is 23.2 Å². The van der Waals surface area contributed by atoms with Crippen LogP contribution >= 0.6 is 11.6 Å². The lowest BCUT2D eigenvalue weighted by Gasteiger charge is -2.12. The zero-order chi connectivity index (χ0) is 14.7. The van der Waals surface area contributed by atoms with E-state index in [0.717, 1.165) is 11.1 Å². The molecule has 0 radical (unpaired) electrons. The Morgan fingerprint density at radius 1 is 1.20 bits per heavy atom. The van der Waals surface area contributed by atoms with E-state index in [1.807, 2.05) is 26.0 Å². The molecule has 20 heavy (non-hydrogen) atoms. The molecule has 0 fully saturated rings. The van der Waals surface area contributed by atoms with Gasteiger partial charge in [0, 0.05) is 5.56 Å². The normalized spacial score (nSPS) is 10.2. The monoisotopic (exact) mass is 289 g/mol. The predicted octanol–water partition coefficient (Wildman–Crippen LogP) is 4.22. The number of ether oxygens (including phenoxy) is 1. The Hall–Kier alpha value is -2.00. The molecule has 0 aliphatic rings. The van der Waals surface area contributed by atoms with Crippen molar-refractivity contribution in [1.82, 2.24) is 0 Å². The largest absolute Gasteiger partial charge is 0.497 e. The van der Waals surface area contributed by atoms with E-state index < -0.39 is 0 Å². The summed E-state index contributed by atoms with van der Waals surface area (Å²) in [7, 11) is 1.57. The Kier molecular flexibility index (Phi) is 4.30. The molecule has 0 saturated heterocycles. The van der Waals surface area contributed by atoms with Gasteiger partial charge >= 0.3 is 0 Å². The third-order valence-electron chi connectivity index (χ3n) is 3.00. The highest BCUT2D eigenvalue weighted by molar-refractivity contribution is 6.34. The summed E-state index contributed by atoms with van der Waals surface area (Å²) < 4.78 is 5.11. The molecule has 0 aliphatic heterocycles. The minimum atomic E-state index is -0.210. The number of rotatable bonds is 3. The standard InChI is InChI=1S/C16H16ClNO2/c1-10-7-11(2)15(14(17)8-10)18-16(19)12-5-4-6-13(9-12)20-3/h4-9H,1-3H3,(H,18,19). The van der Waals surface area contributed by atoms with E-state index in [1.165, 1.54) is 0 Å². The highest BCUT2D eigenvalue weighted by Gasteiger charge is 2.11. The molecular weight excluding hydrogens is 274 g/mol. The number of aryl methyl sites for hydroxylation is 2. The highest BCUT2D eigenvalue weighted by Crippen LogP contribution is 2.28. The van der Waals surface area contributed by atoms with Gasteiger partial charge in [-0.25, -0.2) is 0 Å². The van der Waals surface area contributed by atoms with Crippen LogP contribution in [0.5, 0.6) is 5.75 Å². The predicted molar refractivity (Wildman–Crippen MR) is 81.9 cm³/mol. The fraction of sp³-hybridized carbons (Fsp3) is 0.188. The molecule has 0 saturated carbocycles. The molecule has 104 valence electrons. The Labute approximate surface area is 123 Å². The molecule has 0 heterocycles. The Morgan fingerprint density at radius 3 is 2.60 bits per heavy atom. The average molecular weight is 290 g/mol. The van der Waals surface area contributed by atoms with Crippen LogP contribution in [-0.4, -0.2) is 13.0 Å². The fourth-order valence-corrected chi connectivity index (χ4v) is 2.39. The molecule has 3 nitrogen and oxygen atoms in total. The first-order valence-corrected chi connectivity index (χ1v) is 6.61. The summed E-state index contributed by atoms with van der Waals surface area (Å²) in [6.45, 7) is 3.88. The van der Waals surface area contributed by atoms with E-state index in [2.05, 4.69) is 5.32 Å². The van der Waals surface area contributed by atoms with Gasteiger partial charge < -0.3 is 10.1 Å². The zero-order valence-corrected chi connectivity index (χ0v) is 12.4. The Bertz CT molecular complexity index is 630. The minimum absolute atomic E-state index is 0.210. The second-order valence-corrected chi connectivity index (χ2v) is 5.03. The molecule has 4 heteroatoms. The van der Waals surface area contributed by atoms with Gasteiger partial charge in [-0.1, -0.05) is 23.7 Å². The molecule has 1 N–H and O–H groups in total. The first-order chi connectivity index (χ1) is 9.51. The molecule has 2 aromatic rings. The molecule has 0 bridgehead atoms. The van der Waals surface area contributed by atoms with Crippen molar-refractivity contribution in [2.45, 2.75) is 13.8 Å². The van der Waals surface area contributed by atoms with E-state index in [0.29, 0.717) is 22.0 Å². The number of methoxy groups -OCH3 is 1. The molecular formula is C16H16ClNO2. The smallest absolute Gasteiger partial charge is 0.255 e. The van der Waals surface area contributed by atoms with Crippen LogP contribution in [0.3, 0.4) is 0 Å². The van der Waals surface area contributed by atoms with Crippen molar-refractivity contribution in [2.24, 2.45) is 0 Å². The van der Waals surface area contributed by atoms with Crippen molar-refractivity contribution in [3.63, 3.8) is 0 Å². The van der Waals surface area contributed by atoms with Crippen LogP contribution < -0.4 is 10.1 Å². The van der Waals surface area contributed by atoms with Crippen LogP contribution in [0.1, 0.15) is 21.5 Å². The van der Waals surface area contributed by atoms with E-state index in [1.54, 1.807) is 31.4 Å². The summed E-state index contributed by atoms with van der Waals surface area (Å²) in [6.07, 6.45) is 0. The van der Waals surface area contributed by atoms with Crippen LogP contribution in [0.15, 0.2) is 36.4 Å². The molecule has 1 amide bonds. The third-order valence-corrected chi connectivity index (χ3v) is 3.30. The van der Waals surface area contributed by atoms with Crippen LogP contribution in [0.4, 0.5) is 5.69 Å². The van der Waals surface area contributed by atoms with Gasteiger partial charge in [-0.2, -0.15) is 0 Å². The van der Waals surface area contributed by atoms with Gasteiger partial charge in [0.15, 0.2) is 0 Å². The number of halogens is 1. The van der Waals surface area contributed by atoms with Gasteiger partial charge in [0.05, 0.1) is 17.8 Å². The Morgan fingerprint density at radius 2 is 1.95 bits per heavy atom. The molecule has 2 rings (SSSR count). The van der Waals surface area contributed by atoms with Crippen molar-refractivity contribution in [3.8, 4) is 5.75 Å². The zero-order valence-electron chi connectivity index (χ0n) is 11.7. The molecule has 0 spiro atoms. The SMILES string of the molecule is COc1cccc(C(=O)Nc2c(C)cc(C)cc2Cl)c1. The van der Waals surface area contributed by atoms with E-state index in [9.17, 15) is 4.79 Å². The number of carbonyl (C=O) groups is 1. The molecule has 0 atom stereocenters. The number of hydrogen-bond acceptors (Lipinski definition) is 2. The Balaban J connectivity index is 2.28. The van der Waals surface area contributed by atoms with Crippen LogP contribution in [0.2, 0.25) is 5.02 Å². The maximum absolute atomic E-state index is 12.2. The molecule has 0 unspecified atom stereocenters. The number of anilines is 1. The number of hydrogen-bond donors (Lipinski definition) is 1. The molecule has 2 aromatic carbocycles. The summed E-state index contributed by atoms with van der Waals surface area (Å²) in [5.74, 6) is 0.433.